The van der Waals surface area contributed by atoms with Crippen molar-refractivity contribution >= 4 is 23.3 Å². The fraction of sp³-hybridized carbons (Fsp3) is 0.312. The second-order valence-electron chi connectivity index (χ2n) is 5.18. The minimum atomic E-state index is -0.638. The smallest absolute Gasteiger partial charge is 0.292 e. The number of hydrogen-bond acceptors (Lipinski definition) is 4. The van der Waals surface area contributed by atoms with Crippen LogP contribution in [0.1, 0.15) is 40.2 Å². The van der Waals surface area contributed by atoms with Gasteiger partial charge in [-0.2, -0.15) is 0 Å². The summed E-state index contributed by atoms with van der Waals surface area (Å²) in [5, 5.41) is 7.05. The molecule has 1 heterocycles. The molecule has 0 unspecified atom stereocenters. The van der Waals surface area contributed by atoms with Gasteiger partial charge in [-0.05, 0) is 38.1 Å². The first-order chi connectivity index (χ1) is 10.4. The van der Waals surface area contributed by atoms with Crippen molar-refractivity contribution in [2.45, 2.75) is 26.7 Å². The Bertz CT molecular complexity index is 672. The molecule has 0 saturated carbocycles. The molecule has 1 aromatic heterocycles. The summed E-state index contributed by atoms with van der Waals surface area (Å²) in [6.07, 6.45) is 0. The number of halogens is 1. The number of hydrogen-bond donors (Lipinski definition) is 1. The van der Waals surface area contributed by atoms with E-state index in [1.54, 1.807) is 12.1 Å². The van der Waals surface area contributed by atoms with Gasteiger partial charge >= 0.3 is 0 Å². The minimum Gasteiger partial charge on any atom is -0.361 e. The SMILES string of the molecule is Cc1noc(C)c1[C@@H](C)CNC(=O)C(=O)c1ccc(Cl)cc1. The van der Waals surface area contributed by atoms with Gasteiger partial charge in [0.1, 0.15) is 5.76 Å². The van der Waals surface area contributed by atoms with E-state index in [0.717, 1.165) is 17.0 Å². The lowest BCUT2D eigenvalue weighted by atomic mass is 9.99. The van der Waals surface area contributed by atoms with E-state index < -0.39 is 11.7 Å². The Kier molecular flexibility index (Phi) is 4.98. The van der Waals surface area contributed by atoms with Crippen LogP contribution >= 0.6 is 11.6 Å². The van der Waals surface area contributed by atoms with Gasteiger partial charge in [-0.3, -0.25) is 9.59 Å². The number of aromatic nitrogens is 1. The van der Waals surface area contributed by atoms with Gasteiger partial charge in [-0.15, -0.1) is 0 Å². The summed E-state index contributed by atoms with van der Waals surface area (Å²) in [5.74, 6) is -0.486. The zero-order valence-electron chi connectivity index (χ0n) is 12.6. The lowest BCUT2D eigenvalue weighted by Crippen LogP contribution is -2.33. The summed E-state index contributed by atoms with van der Waals surface area (Å²) in [6, 6.07) is 6.22. The molecule has 1 aromatic carbocycles. The average Bonchev–Trinajstić information content (AvgIpc) is 2.83. The fourth-order valence-corrected chi connectivity index (χ4v) is 2.48. The summed E-state index contributed by atoms with van der Waals surface area (Å²) in [7, 11) is 0. The van der Waals surface area contributed by atoms with Crippen molar-refractivity contribution in [2.24, 2.45) is 0 Å². The third-order valence-corrected chi connectivity index (χ3v) is 3.71. The van der Waals surface area contributed by atoms with Crippen molar-refractivity contribution < 1.29 is 14.1 Å². The van der Waals surface area contributed by atoms with Gasteiger partial charge < -0.3 is 9.84 Å². The second-order valence-corrected chi connectivity index (χ2v) is 5.62. The maximum atomic E-state index is 12.0. The third-order valence-electron chi connectivity index (χ3n) is 3.46. The molecule has 2 aromatic rings. The number of ketones is 1. The number of aryl methyl sites for hydroxylation is 2. The largest absolute Gasteiger partial charge is 0.361 e. The Morgan fingerprint density at radius 3 is 2.45 bits per heavy atom. The summed E-state index contributed by atoms with van der Waals surface area (Å²) in [6.45, 7) is 5.95. The molecule has 0 radical (unpaired) electrons. The van der Waals surface area contributed by atoms with E-state index in [2.05, 4.69) is 10.5 Å². The molecule has 22 heavy (non-hydrogen) atoms. The van der Waals surface area contributed by atoms with Crippen molar-refractivity contribution in [3.8, 4) is 0 Å². The van der Waals surface area contributed by atoms with Gasteiger partial charge in [0.25, 0.3) is 5.91 Å². The number of carbonyl (C=O) groups excluding carboxylic acids is 2. The molecule has 6 heteroatoms. The van der Waals surface area contributed by atoms with Crippen molar-refractivity contribution in [3.05, 3.63) is 51.9 Å². The van der Waals surface area contributed by atoms with Crippen molar-refractivity contribution in [1.29, 1.82) is 0 Å². The highest BCUT2D eigenvalue weighted by Crippen LogP contribution is 2.22. The normalized spacial score (nSPS) is 12.0. The fourth-order valence-electron chi connectivity index (χ4n) is 2.35. The van der Waals surface area contributed by atoms with Crippen molar-refractivity contribution in [1.82, 2.24) is 10.5 Å². The average molecular weight is 321 g/mol. The molecular weight excluding hydrogens is 304 g/mol. The third kappa shape index (κ3) is 3.54. The summed E-state index contributed by atoms with van der Waals surface area (Å²) in [4.78, 5) is 23.9. The molecule has 0 aliphatic rings. The first kappa shape index (κ1) is 16.2. The highest BCUT2D eigenvalue weighted by atomic mass is 35.5. The van der Waals surface area contributed by atoms with E-state index in [0.29, 0.717) is 17.1 Å². The van der Waals surface area contributed by atoms with Crippen LogP contribution < -0.4 is 5.32 Å². The number of nitrogens with one attached hydrogen (secondary N) is 1. The Labute approximate surface area is 133 Å². The van der Waals surface area contributed by atoms with Crippen LogP contribution in [0.5, 0.6) is 0 Å². The molecule has 0 aliphatic carbocycles. The van der Waals surface area contributed by atoms with Gasteiger partial charge in [0.05, 0.1) is 5.69 Å². The van der Waals surface area contributed by atoms with E-state index in [-0.39, 0.29) is 5.92 Å². The van der Waals surface area contributed by atoms with Crippen LogP contribution in [0.2, 0.25) is 5.02 Å². The molecule has 2 rings (SSSR count). The van der Waals surface area contributed by atoms with Gasteiger partial charge in [-0.25, -0.2) is 0 Å². The molecule has 0 saturated heterocycles. The van der Waals surface area contributed by atoms with Crippen LogP contribution in [-0.4, -0.2) is 23.4 Å². The molecule has 0 fully saturated rings. The summed E-state index contributed by atoms with van der Waals surface area (Å²) in [5.41, 5.74) is 2.06. The second kappa shape index (κ2) is 6.75. The first-order valence-corrected chi connectivity index (χ1v) is 7.28. The van der Waals surface area contributed by atoms with Gasteiger partial charge in [0.2, 0.25) is 5.78 Å². The highest BCUT2D eigenvalue weighted by molar-refractivity contribution is 6.43. The zero-order valence-corrected chi connectivity index (χ0v) is 13.4. The number of rotatable bonds is 5. The lowest BCUT2D eigenvalue weighted by Gasteiger charge is -2.12. The number of amides is 1. The minimum absolute atomic E-state index is 0.00761. The summed E-state index contributed by atoms with van der Waals surface area (Å²) < 4.78 is 5.11. The van der Waals surface area contributed by atoms with E-state index in [1.807, 2.05) is 20.8 Å². The van der Waals surface area contributed by atoms with Gasteiger partial charge in [0, 0.05) is 28.6 Å². The molecule has 0 bridgehead atoms. The highest BCUT2D eigenvalue weighted by Gasteiger charge is 2.20. The van der Waals surface area contributed by atoms with Crippen molar-refractivity contribution in [3.63, 3.8) is 0 Å². The maximum absolute atomic E-state index is 12.0. The summed E-state index contributed by atoms with van der Waals surface area (Å²) >= 11 is 5.76. The zero-order chi connectivity index (χ0) is 16.3. The standard InChI is InChI=1S/C16H17ClN2O3/c1-9(14-10(2)19-22-11(14)3)8-18-16(21)15(20)12-4-6-13(17)7-5-12/h4-7,9H,8H2,1-3H3,(H,18,21)/t9-/m0/s1. The van der Waals surface area contributed by atoms with Crippen LogP contribution in [0.3, 0.4) is 0 Å². The van der Waals surface area contributed by atoms with Crippen LogP contribution in [0.4, 0.5) is 0 Å². The van der Waals surface area contributed by atoms with Crippen molar-refractivity contribution in [2.75, 3.05) is 6.54 Å². The maximum Gasteiger partial charge on any atom is 0.292 e. The number of carbonyl (C=O) groups is 2. The van der Waals surface area contributed by atoms with Crippen LogP contribution in [0, 0.1) is 13.8 Å². The van der Waals surface area contributed by atoms with Crippen LogP contribution in [0.15, 0.2) is 28.8 Å². The molecule has 1 N–H and O–H groups in total. The molecule has 5 nitrogen and oxygen atoms in total. The topological polar surface area (TPSA) is 72.2 Å². The van der Waals surface area contributed by atoms with E-state index in [9.17, 15) is 9.59 Å². The number of Topliss-reactive ketones (excluding diaryl/α,β-unsaturated/α-hetero) is 1. The molecule has 116 valence electrons. The Morgan fingerprint density at radius 2 is 1.91 bits per heavy atom. The Hall–Kier alpha value is -2.14. The Balaban J connectivity index is 1.98. The lowest BCUT2D eigenvalue weighted by molar-refractivity contribution is -0.117. The number of nitrogens with zero attached hydrogens (tertiary/aromatic N) is 1. The molecule has 1 atom stereocenters. The van der Waals surface area contributed by atoms with E-state index >= 15 is 0 Å². The van der Waals surface area contributed by atoms with Crippen LogP contribution in [-0.2, 0) is 4.79 Å². The number of benzene rings is 1. The van der Waals surface area contributed by atoms with E-state index in [1.165, 1.54) is 12.1 Å². The first-order valence-electron chi connectivity index (χ1n) is 6.91. The molecule has 0 aliphatic heterocycles. The van der Waals surface area contributed by atoms with Gasteiger partial charge in [-0.1, -0.05) is 23.7 Å². The quantitative estimate of drug-likeness (QED) is 0.679. The van der Waals surface area contributed by atoms with Crippen LogP contribution in [0.25, 0.3) is 0 Å². The van der Waals surface area contributed by atoms with E-state index in [4.69, 9.17) is 16.1 Å². The Morgan fingerprint density at radius 1 is 1.27 bits per heavy atom. The van der Waals surface area contributed by atoms with Gasteiger partial charge in [0.15, 0.2) is 0 Å². The molecular formula is C16H17ClN2O3. The molecule has 1 amide bonds. The molecule has 0 spiro atoms. The predicted molar refractivity (Wildman–Crippen MR) is 83.2 cm³/mol. The predicted octanol–water partition coefficient (Wildman–Crippen LogP) is 3.05. The monoisotopic (exact) mass is 320 g/mol.